The molecule has 0 amide bonds. The molecule has 3 heteroatoms. The number of hydrogen-bond donors (Lipinski definition) is 1. The maximum absolute atomic E-state index is 4.19. The van der Waals surface area contributed by atoms with Gasteiger partial charge in [-0.05, 0) is 18.3 Å². The van der Waals surface area contributed by atoms with E-state index in [1.807, 2.05) is 24.0 Å². The van der Waals surface area contributed by atoms with Gasteiger partial charge in [-0.25, -0.2) is 4.98 Å². The van der Waals surface area contributed by atoms with E-state index in [2.05, 4.69) is 17.2 Å². The Labute approximate surface area is 72.8 Å². The molecule has 1 N–H and O–H groups in total. The summed E-state index contributed by atoms with van der Waals surface area (Å²) in [4.78, 5) is 4.19. The maximum Gasteiger partial charge on any atom is 0.202 e. The van der Waals surface area contributed by atoms with Crippen molar-refractivity contribution in [2.45, 2.75) is 13.3 Å². The minimum absolute atomic E-state index is 0.877. The first-order chi connectivity index (χ1) is 5.77. The van der Waals surface area contributed by atoms with Crippen molar-refractivity contribution in [2.75, 3.05) is 11.9 Å². The molecule has 2 atom stereocenters. The van der Waals surface area contributed by atoms with Gasteiger partial charge in [0.1, 0.15) is 0 Å². The highest BCUT2D eigenvalue weighted by Gasteiger charge is 2.32. The molecule has 0 aliphatic heterocycles. The van der Waals surface area contributed by atoms with Gasteiger partial charge < -0.3 is 9.88 Å². The van der Waals surface area contributed by atoms with Crippen LogP contribution in [0.4, 0.5) is 5.95 Å². The predicted molar refractivity (Wildman–Crippen MR) is 49.0 cm³/mol. The molecule has 1 aromatic heterocycles. The van der Waals surface area contributed by atoms with E-state index >= 15 is 0 Å². The van der Waals surface area contributed by atoms with Gasteiger partial charge in [-0.1, -0.05) is 6.92 Å². The summed E-state index contributed by atoms with van der Waals surface area (Å²) in [7, 11) is 2.01. The van der Waals surface area contributed by atoms with Crippen LogP contribution in [-0.2, 0) is 7.05 Å². The molecule has 0 bridgehead atoms. The molecule has 1 aliphatic carbocycles. The lowest BCUT2D eigenvalue weighted by atomic mass is 10.3. The summed E-state index contributed by atoms with van der Waals surface area (Å²) in [6, 6.07) is 0. The minimum Gasteiger partial charge on any atom is -0.355 e. The molecule has 0 saturated heterocycles. The van der Waals surface area contributed by atoms with Gasteiger partial charge in [-0.2, -0.15) is 0 Å². The van der Waals surface area contributed by atoms with Crippen LogP contribution in [0.25, 0.3) is 0 Å². The van der Waals surface area contributed by atoms with Crippen molar-refractivity contribution in [3.05, 3.63) is 12.4 Å². The molecule has 3 nitrogen and oxygen atoms in total. The fourth-order valence-corrected chi connectivity index (χ4v) is 1.44. The van der Waals surface area contributed by atoms with Crippen molar-refractivity contribution in [1.82, 2.24) is 9.55 Å². The molecule has 2 unspecified atom stereocenters. The lowest BCUT2D eigenvalue weighted by Gasteiger charge is -2.03. The Hall–Kier alpha value is -0.990. The molecule has 66 valence electrons. The Kier molecular flexibility index (Phi) is 1.79. The van der Waals surface area contributed by atoms with E-state index in [0.717, 1.165) is 24.3 Å². The van der Waals surface area contributed by atoms with Gasteiger partial charge in [0.2, 0.25) is 5.95 Å². The zero-order valence-electron chi connectivity index (χ0n) is 7.62. The number of imidazole rings is 1. The Morgan fingerprint density at radius 2 is 2.50 bits per heavy atom. The molecule has 0 spiro atoms. The van der Waals surface area contributed by atoms with Crippen LogP contribution in [0, 0.1) is 11.8 Å². The zero-order valence-corrected chi connectivity index (χ0v) is 7.62. The van der Waals surface area contributed by atoms with Crippen molar-refractivity contribution >= 4 is 5.95 Å². The third kappa shape index (κ3) is 1.44. The molecule has 1 aliphatic rings. The number of aryl methyl sites for hydroxylation is 1. The highest BCUT2D eigenvalue weighted by Crippen LogP contribution is 2.37. The number of anilines is 1. The number of rotatable bonds is 3. The number of hydrogen-bond acceptors (Lipinski definition) is 2. The van der Waals surface area contributed by atoms with Crippen LogP contribution < -0.4 is 5.32 Å². The average Bonchev–Trinajstić information content (AvgIpc) is 2.57. The molecule has 2 rings (SSSR count). The molecule has 1 heterocycles. The molecule has 12 heavy (non-hydrogen) atoms. The average molecular weight is 165 g/mol. The van der Waals surface area contributed by atoms with Crippen molar-refractivity contribution in [1.29, 1.82) is 0 Å². The van der Waals surface area contributed by atoms with Crippen LogP contribution in [0.1, 0.15) is 13.3 Å². The van der Waals surface area contributed by atoms with Crippen molar-refractivity contribution < 1.29 is 0 Å². The number of nitrogens with one attached hydrogen (secondary N) is 1. The van der Waals surface area contributed by atoms with Crippen LogP contribution in [0.15, 0.2) is 12.4 Å². The van der Waals surface area contributed by atoms with E-state index in [-0.39, 0.29) is 0 Å². The maximum atomic E-state index is 4.19. The second-order valence-corrected chi connectivity index (χ2v) is 3.72. The predicted octanol–water partition coefficient (Wildman–Crippen LogP) is 1.49. The Balaban J connectivity index is 1.84. The monoisotopic (exact) mass is 165 g/mol. The SMILES string of the molecule is CC1CC1CNc1nccn1C. The largest absolute Gasteiger partial charge is 0.355 e. The topological polar surface area (TPSA) is 29.9 Å². The highest BCUT2D eigenvalue weighted by atomic mass is 15.2. The van der Waals surface area contributed by atoms with Gasteiger partial charge in [-0.15, -0.1) is 0 Å². The molecule has 1 fully saturated rings. The first-order valence-corrected chi connectivity index (χ1v) is 4.48. The first kappa shape index (κ1) is 7.65. The molecule has 0 radical (unpaired) electrons. The van der Waals surface area contributed by atoms with Crippen molar-refractivity contribution in [3.8, 4) is 0 Å². The van der Waals surface area contributed by atoms with E-state index < -0.39 is 0 Å². The van der Waals surface area contributed by atoms with Gasteiger partial charge in [0.15, 0.2) is 0 Å². The highest BCUT2D eigenvalue weighted by molar-refractivity contribution is 5.25. The molecule has 1 saturated carbocycles. The van der Waals surface area contributed by atoms with Crippen LogP contribution in [-0.4, -0.2) is 16.1 Å². The number of aromatic nitrogens is 2. The summed E-state index contributed by atoms with van der Waals surface area (Å²) in [5.41, 5.74) is 0. The normalized spacial score (nSPS) is 27.2. The van der Waals surface area contributed by atoms with Gasteiger partial charge in [0.25, 0.3) is 0 Å². The summed E-state index contributed by atoms with van der Waals surface area (Å²) < 4.78 is 2.01. The van der Waals surface area contributed by atoms with Gasteiger partial charge in [0.05, 0.1) is 0 Å². The second kappa shape index (κ2) is 2.81. The quantitative estimate of drug-likeness (QED) is 0.735. The summed E-state index contributed by atoms with van der Waals surface area (Å²) in [6.45, 7) is 3.37. The van der Waals surface area contributed by atoms with E-state index in [9.17, 15) is 0 Å². The van der Waals surface area contributed by atoms with Crippen LogP contribution in [0.2, 0.25) is 0 Å². The lowest BCUT2D eigenvalue weighted by molar-refractivity contribution is 0.772. The van der Waals surface area contributed by atoms with Gasteiger partial charge in [-0.3, -0.25) is 0 Å². The van der Waals surface area contributed by atoms with E-state index in [4.69, 9.17) is 0 Å². The molecule has 1 aromatic rings. The van der Waals surface area contributed by atoms with Crippen LogP contribution in [0.5, 0.6) is 0 Å². The minimum atomic E-state index is 0.877. The summed E-state index contributed by atoms with van der Waals surface area (Å²) in [5.74, 6) is 2.77. The summed E-state index contributed by atoms with van der Waals surface area (Å²) in [6.07, 6.45) is 5.15. The van der Waals surface area contributed by atoms with Gasteiger partial charge in [0, 0.05) is 26.0 Å². The number of nitrogens with zero attached hydrogens (tertiary/aromatic N) is 2. The molecular weight excluding hydrogens is 150 g/mol. The standard InChI is InChI=1S/C9H15N3/c1-7-5-8(7)6-11-9-10-3-4-12(9)2/h3-4,7-8H,5-6H2,1-2H3,(H,10,11). The lowest BCUT2D eigenvalue weighted by Crippen LogP contribution is -2.08. The Morgan fingerprint density at radius 3 is 3.00 bits per heavy atom. The Morgan fingerprint density at radius 1 is 1.75 bits per heavy atom. The summed E-state index contributed by atoms with van der Waals surface area (Å²) in [5, 5.41) is 3.34. The molecule has 0 aromatic carbocycles. The fourth-order valence-electron chi connectivity index (χ4n) is 1.44. The molecular formula is C9H15N3. The first-order valence-electron chi connectivity index (χ1n) is 4.48. The van der Waals surface area contributed by atoms with Crippen LogP contribution >= 0.6 is 0 Å². The van der Waals surface area contributed by atoms with E-state index in [1.165, 1.54) is 6.42 Å². The van der Waals surface area contributed by atoms with Gasteiger partial charge >= 0.3 is 0 Å². The Bertz CT molecular complexity index is 266. The van der Waals surface area contributed by atoms with Crippen molar-refractivity contribution in [2.24, 2.45) is 18.9 Å². The fraction of sp³-hybridized carbons (Fsp3) is 0.667. The van der Waals surface area contributed by atoms with Crippen molar-refractivity contribution in [3.63, 3.8) is 0 Å². The third-order valence-corrected chi connectivity index (χ3v) is 2.62. The zero-order chi connectivity index (χ0) is 8.55. The summed E-state index contributed by atoms with van der Waals surface area (Å²) >= 11 is 0. The van der Waals surface area contributed by atoms with E-state index in [1.54, 1.807) is 0 Å². The third-order valence-electron chi connectivity index (χ3n) is 2.62. The van der Waals surface area contributed by atoms with E-state index in [0.29, 0.717) is 0 Å². The van der Waals surface area contributed by atoms with Crippen LogP contribution in [0.3, 0.4) is 0 Å². The smallest absolute Gasteiger partial charge is 0.202 e. The second-order valence-electron chi connectivity index (χ2n) is 3.72.